The van der Waals surface area contributed by atoms with Crippen LogP contribution in [0.1, 0.15) is 15.9 Å². The molecule has 0 N–H and O–H groups in total. The van der Waals surface area contributed by atoms with Crippen molar-refractivity contribution in [2.24, 2.45) is 0 Å². The summed E-state index contributed by atoms with van der Waals surface area (Å²) in [6.45, 7) is 7.00. The Labute approximate surface area is 102 Å². The van der Waals surface area contributed by atoms with Crippen molar-refractivity contribution >= 4 is 23.1 Å². The van der Waals surface area contributed by atoms with Gasteiger partial charge in [0.05, 0.1) is 29.4 Å². The summed E-state index contributed by atoms with van der Waals surface area (Å²) in [5, 5.41) is 4.47. The Bertz CT molecular complexity index is 627. The lowest BCUT2D eigenvalue weighted by Gasteiger charge is -2.03. The summed E-state index contributed by atoms with van der Waals surface area (Å²) in [5.74, 6) is -0.492. The van der Waals surface area contributed by atoms with Crippen LogP contribution in [0.3, 0.4) is 0 Å². The van der Waals surface area contributed by atoms with E-state index in [0.717, 1.165) is 0 Å². The average molecular weight is 250 g/mol. The van der Waals surface area contributed by atoms with E-state index in [1.54, 1.807) is 12.3 Å². The van der Waals surface area contributed by atoms with Crippen molar-refractivity contribution in [1.29, 1.82) is 0 Å². The fourth-order valence-electron chi connectivity index (χ4n) is 1.61. The van der Waals surface area contributed by atoms with Crippen LogP contribution in [0.2, 0.25) is 5.02 Å². The second-order valence-corrected chi connectivity index (χ2v) is 3.71. The standard InChI is InChI=1S/C11H8ClN3O2/c1-13-5-7-9(12)3-4-15-10(7)8(6-14-15)11(16)17-2/h3-4,6H,5H2,2H3. The van der Waals surface area contributed by atoms with Gasteiger partial charge >= 0.3 is 5.97 Å². The summed E-state index contributed by atoms with van der Waals surface area (Å²) < 4.78 is 6.18. The Morgan fingerprint density at radius 2 is 2.47 bits per heavy atom. The highest BCUT2D eigenvalue weighted by molar-refractivity contribution is 6.32. The van der Waals surface area contributed by atoms with Crippen molar-refractivity contribution in [2.75, 3.05) is 7.11 Å². The molecule has 6 heteroatoms. The van der Waals surface area contributed by atoms with Crippen molar-refractivity contribution in [3.05, 3.63) is 46.0 Å². The molecule has 2 rings (SSSR count). The third kappa shape index (κ3) is 1.83. The topological polar surface area (TPSA) is 48.0 Å². The van der Waals surface area contributed by atoms with Crippen molar-refractivity contribution in [1.82, 2.24) is 9.61 Å². The van der Waals surface area contributed by atoms with Crippen molar-refractivity contribution in [3.63, 3.8) is 0 Å². The molecule has 2 aromatic rings. The summed E-state index contributed by atoms with van der Waals surface area (Å²) in [6, 6.07) is 1.64. The van der Waals surface area contributed by atoms with Gasteiger partial charge in [0.2, 0.25) is 6.54 Å². The van der Waals surface area contributed by atoms with Crippen LogP contribution < -0.4 is 0 Å². The lowest BCUT2D eigenvalue weighted by Crippen LogP contribution is -2.02. The van der Waals surface area contributed by atoms with Gasteiger partial charge in [-0.3, -0.25) is 0 Å². The molecule has 86 valence electrons. The Morgan fingerprint density at radius 1 is 1.71 bits per heavy atom. The number of aromatic nitrogens is 2. The maximum Gasteiger partial charge on any atom is 0.341 e. The van der Waals surface area contributed by atoms with Gasteiger partial charge in [0.1, 0.15) is 5.56 Å². The molecule has 0 amide bonds. The number of esters is 1. The van der Waals surface area contributed by atoms with E-state index in [4.69, 9.17) is 18.2 Å². The molecule has 0 saturated carbocycles. The van der Waals surface area contributed by atoms with Crippen molar-refractivity contribution in [3.8, 4) is 0 Å². The molecule has 0 unspecified atom stereocenters. The average Bonchev–Trinajstić information content (AvgIpc) is 2.76. The van der Waals surface area contributed by atoms with Crippen molar-refractivity contribution in [2.45, 2.75) is 6.54 Å². The quantitative estimate of drug-likeness (QED) is 0.606. The van der Waals surface area contributed by atoms with Gasteiger partial charge in [-0.25, -0.2) is 15.9 Å². The van der Waals surface area contributed by atoms with Crippen LogP contribution >= 0.6 is 11.6 Å². The summed E-state index contributed by atoms with van der Waals surface area (Å²) in [6.07, 6.45) is 3.04. The van der Waals surface area contributed by atoms with Crippen LogP contribution in [0.15, 0.2) is 18.5 Å². The number of carbonyl (C=O) groups is 1. The van der Waals surface area contributed by atoms with E-state index in [-0.39, 0.29) is 6.54 Å². The molecular formula is C11H8ClN3O2. The predicted molar refractivity (Wildman–Crippen MR) is 61.8 cm³/mol. The van der Waals surface area contributed by atoms with Crippen LogP contribution in [0.4, 0.5) is 0 Å². The highest BCUT2D eigenvalue weighted by Crippen LogP contribution is 2.25. The van der Waals surface area contributed by atoms with Gasteiger partial charge in [0, 0.05) is 6.20 Å². The van der Waals surface area contributed by atoms with Gasteiger partial charge in [0.15, 0.2) is 0 Å². The van der Waals surface area contributed by atoms with Crippen LogP contribution in [0, 0.1) is 6.57 Å². The third-order valence-electron chi connectivity index (χ3n) is 2.37. The molecule has 17 heavy (non-hydrogen) atoms. The normalized spacial score (nSPS) is 10.2. The van der Waals surface area contributed by atoms with E-state index in [1.807, 2.05) is 0 Å². The molecule has 0 aromatic carbocycles. The van der Waals surface area contributed by atoms with Gasteiger partial charge in [0.25, 0.3) is 0 Å². The first-order valence-electron chi connectivity index (χ1n) is 4.75. The second-order valence-electron chi connectivity index (χ2n) is 3.30. The van der Waals surface area contributed by atoms with E-state index >= 15 is 0 Å². The molecule has 5 nitrogen and oxygen atoms in total. The molecule has 0 radical (unpaired) electrons. The SMILES string of the molecule is [C-]#[N+]Cc1c(Cl)ccn2ncc(C(=O)OC)c12. The van der Waals surface area contributed by atoms with Gasteiger partial charge in [-0.15, -0.1) is 0 Å². The maximum absolute atomic E-state index is 11.6. The lowest BCUT2D eigenvalue weighted by atomic mass is 10.1. The summed E-state index contributed by atoms with van der Waals surface area (Å²) in [5.41, 5.74) is 1.43. The zero-order valence-corrected chi connectivity index (χ0v) is 9.73. The Hall–Kier alpha value is -2.06. The molecular weight excluding hydrogens is 242 g/mol. The minimum atomic E-state index is -0.492. The largest absolute Gasteiger partial charge is 0.465 e. The number of pyridine rings is 1. The Kier molecular flexibility index (Phi) is 2.98. The first-order chi connectivity index (χ1) is 8.19. The van der Waals surface area contributed by atoms with Gasteiger partial charge in [-0.1, -0.05) is 11.6 Å². The number of rotatable bonds is 2. The van der Waals surface area contributed by atoms with Gasteiger partial charge < -0.3 is 9.58 Å². The summed E-state index contributed by atoms with van der Waals surface area (Å²) in [4.78, 5) is 14.9. The summed E-state index contributed by atoms with van der Waals surface area (Å²) in [7, 11) is 1.30. The predicted octanol–water partition coefficient (Wildman–Crippen LogP) is 2.19. The molecule has 0 spiro atoms. The smallest absolute Gasteiger partial charge is 0.341 e. The van der Waals surface area contributed by atoms with E-state index in [0.29, 0.717) is 21.7 Å². The van der Waals surface area contributed by atoms with E-state index in [2.05, 4.69) is 14.7 Å². The lowest BCUT2D eigenvalue weighted by molar-refractivity contribution is 0.0603. The highest BCUT2D eigenvalue weighted by Gasteiger charge is 2.19. The van der Waals surface area contributed by atoms with Crippen molar-refractivity contribution < 1.29 is 9.53 Å². The first kappa shape index (κ1) is 11.4. The van der Waals surface area contributed by atoms with Crippen LogP contribution in [-0.4, -0.2) is 22.7 Å². The van der Waals surface area contributed by atoms with E-state index < -0.39 is 5.97 Å². The van der Waals surface area contributed by atoms with Crippen LogP contribution in [0.5, 0.6) is 0 Å². The van der Waals surface area contributed by atoms with Crippen LogP contribution in [0.25, 0.3) is 10.4 Å². The fourth-order valence-corrected chi connectivity index (χ4v) is 1.82. The zero-order chi connectivity index (χ0) is 12.4. The number of hydrogen-bond acceptors (Lipinski definition) is 3. The number of ether oxygens (including phenoxy) is 1. The van der Waals surface area contributed by atoms with E-state index in [1.165, 1.54) is 17.8 Å². The van der Waals surface area contributed by atoms with E-state index in [9.17, 15) is 4.79 Å². The monoisotopic (exact) mass is 249 g/mol. The molecule has 2 aromatic heterocycles. The Balaban J connectivity index is 2.76. The van der Waals surface area contributed by atoms with Gasteiger partial charge in [-0.05, 0) is 6.07 Å². The number of methoxy groups -OCH3 is 1. The molecule has 0 bridgehead atoms. The number of carbonyl (C=O) groups excluding carboxylic acids is 1. The number of hydrogen-bond donors (Lipinski definition) is 0. The molecule has 2 heterocycles. The second kappa shape index (κ2) is 4.44. The summed E-state index contributed by atoms with van der Waals surface area (Å²) >= 11 is 6.02. The molecule has 0 saturated heterocycles. The maximum atomic E-state index is 11.6. The number of fused-ring (bicyclic) bond motifs is 1. The van der Waals surface area contributed by atoms with Crippen LogP contribution in [-0.2, 0) is 11.3 Å². The Morgan fingerprint density at radius 3 is 3.12 bits per heavy atom. The molecule has 0 atom stereocenters. The molecule has 0 aliphatic rings. The molecule has 0 aliphatic carbocycles. The first-order valence-corrected chi connectivity index (χ1v) is 5.13. The van der Waals surface area contributed by atoms with Gasteiger partial charge in [-0.2, -0.15) is 5.10 Å². The minimum Gasteiger partial charge on any atom is -0.465 e. The molecule has 0 fully saturated rings. The highest BCUT2D eigenvalue weighted by atomic mass is 35.5. The number of halogens is 1. The fraction of sp³-hybridized carbons (Fsp3) is 0.182. The molecule has 0 aliphatic heterocycles. The zero-order valence-electron chi connectivity index (χ0n) is 8.98. The third-order valence-corrected chi connectivity index (χ3v) is 2.73. The number of nitrogens with zero attached hydrogens (tertiary/aromatic N) is 3. The minimum absolute atomic E-state index is 0.0961.